The van der Waals surface area contributed by atoms with Crippen molar-refractivity contribution < 1.29 is 0 Å². The molecular weight excluding hydrogens is 242 g/mol. The SMILES string of the molecule is CCCNC(Cc1ccsc1)Cc1nccn1C. The Morgan fingerprint density at radius 3 is 2.94 bits per heavy atom. The highest BCUT2D eigenvalue weighted by molar-refractivity contribution is 7.07. The number of nitrogens with one attached hydrogen (secondary N) is 1. The van der Waals surface area contributed by atoms with Gasteiger partial charge in [0.05, 0.1) is 0 Å². The predicted octanol–water partition coefficient (Wildman–Crippen LogP) is 2.64. The van der Waals surface area contributed by atoms with Crippen LogP contribution in [0.4, 0.5) is 0 Å². The highest BCUT2D eigenvalue weighted by Gasteiger charge is 2.12. The van der Waals surface area contributed by atoms with Crippen molar-refractivity contribution in [2.24, 2.45) is 7.05 Å². The molecule has 2 heterocycles. The Bertz CT molecular complexity index is 447. The van der Waals surface area contributed by atoms with E-state index in [9.17, 15) is 0 Å². The monoisotopic (exact) mass is 263 g/mol. The Balaban J connectivity index is 1.98. The number of nitrogens with zero attached hydrogens (tertiary/aromatic N) is 2. The zero-order valence-corrected chi connectivity index (χ0v) is 11.9. The third-order valence-electron chi connectivity index (χ3n) is 3.10. The topological polar surface area (TPSA) is 29.9 Å². The molecule has 0 aliphatic rings. The van der Waals surface area contributed by atoms with E-state index < -0.39 is 0 Å². The molecule has 0 fully saturated rings. The zero-order chi connectivity index (χ0) is 12.8. The number of hydrogen-bond acceptors (Lipinski definition) is 3. The van der Waals surface area contributed by atoms with Gasteiger partial charge in [-0.05, 0) is 41.8 Å². The first-order valence-electron chi connectivity index (χ1n) is 6.50. The smallest absolute Gasteiger partial charge is 0.109 e. The first-order valence-corrected chi connectivity index (χ1v) is 7.44. The van der Waals surface area contributed by atoms with E-state index in [1.165, 1.54) is 12.0 Å². The molecule has 98 valence electrons. The van der Waals surface area contributed by atoms with E-state index >= 15 is 0 Å². The van der Waals surface area contributed by atoms with Gasteiger partial charge in [-0.25, -0.2) is 4.98 Å². The Labute approximate surface area is 113 Å². The minimum atomic E-state index is 0.473. The minimum absolute atomic E-state index is 0.473. The van der Waals surface area contributed by atoms with Crippen molar-refractivity contribution in [3.05, 3.63) is 40.6 Å². The normalized spacial score (nSPS) is 12.8. The highest BCUT2D eigenvalue weighted by atomic mass is 32.1. The molecule has 0 spiro atoms. The van der Waals surface area contributed by atoms with Gasteiger partial charge in [0.1, 0.15) is 5.82 Å². The number of aromatic nitrogens is 2. The van der Waals surface area contributed by atoms with E-state index in [0.29, 0.717) is 6.04 Å². The van der Waals surface area contributed by atoms with Gasteiger partial charge in [0, 0.05) is 31.9 Å². The summed E-state index contributed by atoms with van der Waals surface area (Å²) in [6.07, 6.45) is 7.12. The van der Waals surface area contributed by atoms with Crippen molar-refractivity contribution >= 4 is 11.3 Å². The van der Waals surface area contributed by atoms with Crippen LogP contribution < -0.4 is 5.32 Å². The summed E-state index contributed by atoms with van der Waals surface area (Å²) in [6.45, 7) is 3.27. The van der Waals surface area contributed by atoms with Crippen molar-refractivity contribution in [3.8, 4) is 0 Å². The van der Waals surface area contributed by atoms with Gasteiger partial charge in [0.15, 0.2) is 0 Å². The Hall–Kier alpha value is -1.13. The van der Waals surface area contributed by atoms with Crippen molar-refractivity contribution in [1.82, 2.24) is 14.9 Å². The van der Waals surface area contributed by atoms with Crippen LogP contribution in [0, 0.1) is 0 Å². The lowest BCUT2D eigenvalue weighted by atomic mass is 10.1. The fourth-order valence-electron chi connectivity index (χ4n) is 2.07. The van der Waals surface area contributed by atoms with E-state index in [4.69, 9.17) is 0 Å². The van der Waals surface area contributed by atoms with Crippen LogP contribution in [0.2, 0.25) is 0 Å². The summed E-state index contributed by atoms with van der Waals surface area (Å²) in [5.41, 5.74) is 1.42. The summed E-state index contributed by atoms with van der Waals surface area (Å²) in [4.78, 5) is 4.42. The molecular formula is C14H21N3S. The van der Waals surface area contributed by atoms with Crippen LogP contribution in [0.1, 0.15) is 24.7 Å². The molecule has 2 aromatic heterocycles. The quantitative estimate of drug-likeness (QED) is 0.832. The van der Waals surface area contributed by atoms with Crippen LogP contribution >= 0.6 is 11.3 Å². The standard InChI is InChI=1S/C14H21N3S/c1-3-5-15-13(9-12-4-8-18-11-12)10-14-16-6-7-17(14)2/h4,6-8,11,13,15H,3,5,9-10H2,1-2H3. The second-order valence-corrected chi connectivity index (χ2v) is 5.43. The summed E-state index contributed by atoms with van der Waals surface area (Å²) in [7, 11) is 2.06. The van der Waals surface area contributed by atoms with Crippen LogP contribution in [0.15, 0.2) is 29.2 Å². The second kappa shape index (κ2) is 6.71. The summed E-state index contributed by atoms with van der Waals surface area (Å²) in [5.74, 6) is 1.15. The average Bonchev–Trinajstić information content (AvgIpc) is 2.99. The maximum Gasteiger partial charge on any atom is 0.109 e. The Morgan fingerprint density at radius 2 is 2.33 bits per heavy atom. The van der Waals surface area contributed by atoms with Crippen LogP contribution in [-0.2, 0) is 19.9 Å². The summed E-state index contributed by atoms with van der Waals surface area (Å²) in [6, 6.07) is 2.68. The molecule has 0 aliphatic carbocycles. The van der Waals surface area contributed by atoms with E-state index in [1.54, 1.807) is 11.3 Å². The second-order valence-electron chi connectivity index (χ2n) is 4.65. The van der Waals surface area contributed by atoms with E-state index in [0.717, 1.165) is 25.2 Å². The maximum atomic E-state index is 4.42. The van der Waals surface area contributed by atoms with Gasteiger partial charge in [-0.3, -0.25) is 0 Å². The lowest BCUT2D eigenvalue weighted by Crippen LogP contribution is -2.34. The molecule has 1 N–H and O–H groups in total. The fraction of sp³-hybridized carbons (Fsp3) is 0.500. The molecule has 0 amide bonds. The number of aryl methyl sites for hydroxylation is 1. The molecule has 2 aromatic rings. The molecule has 0 saturated heterocycles. The fourth-order valence-corrected chi connectivity index (χ4v) is 2.75. The van der Waals surface area contributed by atoms with Gasteiger partial charge in [0.25, 0.3) is 0 Å². The van der Waals surface area contributed by atoms with Gasteiger partial charge in [0.2, 0.25) is 0 Å². The lowest BCUT2D eigenvalue weighted by Gasteiger charge is -2.17. The maximum absolute atomic E-state index is 4.42. The van der Waals surface area contributed by atoms with Crippen molar-refractivity contribution in [2.45, 2.75) is 32.2 Å². The Kier molecular flexibility index (Phi) is 4.96. The van der Waals surface area contributed by atoms with E-state index in [2.05, 4.69) is 45.7 Å². The number of thiophene rings is 1. The molecule has 1 unspecified atom stereocenters. The summed E-state index contributed by atoms with van der Waals surface area (Å²) >= 11 is 1.77. The summed E-state index contributed by atoms with van der Waals surface area (Å²) in [5, 5.41) is 8.01. The molecule has 18 heavy (non-hydrogen) atoms. The van der Waals surface area contributed by atoms with E-state index in [-0.39, 0.29) is 0 Å². The van der Waals surface area contributed by atoms with Gasteiger partial charge in [-0.2, -0.15) is 11.3 Å². The van der Waals surface area contributed by atoms with Crippen molar-refractivity contribution in [3.63, 3.8) is 0 Å². The number of imidazole rings is 1. The average molecular weight is 263 g/mol. The number of hydrogen-bond donors (Lipinski definition) is 1. The first-order chi connectivity index (χ1) is 8.79. The first kappa shape index (κ1) is 13.3. The molecule has 0 bridgehead atoms. The van der Waals surface area contributed by atoms with Crippen LogP contribution in [0.25, 0.3) is 0 Å². The molecule has 0 aromatic carbocycles. The Morgan fingerprint density at radius 1 is 1.44 bits per heavy atom. The molecule has 3 nitrogen and oxygen atoms in total. The third kappa shape index (κ3) is 3.68. The molecule has 0 radical (unpaired) electrons. The molecule has 0 aliphatic heterocycles. The lowest BCUT2D eigenvalue weighted by molar-refractivity contribution is 0.490. The molecule has 2 rings (SSSR count). The van der Waals surface area contributed by atoms with Crippen LogP contribution in [0.3, 0.4) is 0 Å². The molecule has 1 atom stereocenters. The number of rotatable bonds is 7. The van der Waals surface area contributed by atoms with Gasteiger partial charge in [-0.15, -0.1) is 0 Å². The van der Waals surface area contributed by atoms with Crippen LogP contribution in [0.5, 0.6) is 0 Å². The largest absolute Gasteiger partial charge is 0.338 e. The van der Waals surface area contributed by atoms with Crippen molar-refractivity contribution in [2.75, 3.05) is 6.54 Å². The van der Waals surface area contributed by atoms with Gasteiger partial charge in [-0.1, -0.05) is 6.92 Å². The third-order valence-corrected chi connectivity index (χ3v) is 3.83. The van der Waals surface area contributed by atoms with Gasteiger partial charge >= 0.3 is 0 Å². The minimum Gasteiger partial charge on any atom is -0.338 e. The molecule has 4 heteroatoms. The van der Waals surface area contributed by atoms with Crippen LogP contribution in [-0.4, -0.2) is 22.1 Å². The van der Waals surface area contributed by atoms with E-state index in [1.807, 2.05) is 12.4 Å². The molecule has 0 saturated carbocycles. The zero-order valence-electron chi connectivity index (χ0n) is 11.1. The predicted molar refractivity (Wildman–Crippen MR) is 77.0 cm³/mol. The highest BCUT2D eigenvalue weighted by Crippen LogP contribution is 2.11. The summed E-state index contributed by atoms with van der Waals surface area (Å²) < 4.78 is 2.11. The van der Waals surface area contributed by atoms with Gasteiger partial charge < -0.3 is 9.88 Å². The van der Waals surface area contributed by atoms with Crippen molar-refractivity contribution in [1.29, 1.82) is 0 Å².